The smallest absolute Gasteiger partial charge is 0.217 e. The number of benzene rings is 1. The normalized spacial score (nSPS) is 18.2. The van der Waals surface area contributed by atoms with Gasteiger partial charge in [0.1, 0.15) is 11.6 Å². The molecule has 1 aromatic heterocycles. The summed E-state index contributed by atoms with van der Waals surface area (Å²) in [6.45, 7) is 1.64. The van der Waals surface area contributed by atoms with Gasteiger partial charge in [-0.1, -0.05) is 19.3 Å². The number of rotatable bonds is 8. The maximum atomic E-state index is 13.5. The number of amides is 1. The second-order valence-corrected chi connectivity index (χ2v) is 8.67. The molecule has 0 bridgehead atoms. The Morgan fingerprint density at radius 1 is 1.21 bits per heavy atom. The predicted molar refractivity (Wildman–Crippen MR) is 111 cm³/mol. The van der Waals surface area contributed by atoms with Gasteiger partial charge in [-0.05, 0) is 59.3 Å². The van der Waals surface area contributed by atoms with Crippen molar-refractivity contribution in [1.82, 2.24) is 10.6 Å². The summed E-state index contributed by atoms with van der Waals surface area (Å²) in [4.78, 5) is 11.6. The zero-order chi connectivity index (χ0) is 20.9. The van der Waals surface area contributed by atoms with Crippen LogP contribution in [0.5, 0.6) is 0 Å². The number of thiophene rings is 1. The standard InChI is InChI=1S/C22H28F2N2O2S/c1-15(27)26-20(11-16-9-18(23)12-19(24)10-16)21(28)13-25-22(6-3-2-4-7-22)17-5-8-29-14-17/h5,8-10,12,14,20-21,25,28H,2-4,6-7,11,13H2,1H3,(H,26,27)/t20-,21+/m0/s1. The number of hydrogen-bond donors (Lipinski definition) is 3. The van der Waals surface area contributed by atoms with Gasteiger partial charge in [0.15, 0.2) is 0 Å². The molecule has 1 heterocycles. The van der Waals surface area contributed by atoms with E-state index in [4.69, 9.17) is 0 Å². The number of carbonyl (C=O) groups excluding carboxylic acids is 1. The van der Waals surface area contributed by atoms with Crippen molar-refractivity contribution in [2.45, 2.75) is 63.1 Å². The second kappa shape index (κ2) is 9.78. The summed E-state index contributed by atoms with van der Waals surface area (Å²) in [7, 11) is 0. The monoisotopic (exact) mass is 422 g/mol. The molecule has 2 atom stereocenters. The minimum Gasteiger partial charge on any atom is -0.390 e. The van der Waals surface area contributed by atoms with Crippen LogP contribution >= 0.6 is 11.3 Å². The second-order valence-electron chi connectivity index (χ2n) is 7.89. The van der Waals surface area contributed by atoms with E-state index in [9.17, 15) is 18.7 Å². The van der Waals surface area contributed by atoms with E-state index in [2.05, 4.69) is 27.5 Å². The summed E-state index contributed by atoms with van der Waals surface area (Å²) in [5, 5.41) is 21.3. The van der Waals surface area contributed by atoms with E-state index in [1.54, 1.807) is 11.3 Å². The zero-order valence-corrected chi connectivity index (χ0v) is 17.4. The van der Waals surface area contributed by atoms with E-state index in [-0.39, 0.29) is 24.4 Å². The molecular weight excluding hydrogens is 394 g/mol. The Labute approximate surface area is 174 Å². The Morgan fingerprint density at radius 2 is 1.90 bits per heavy atom. The lowest BCUT2D eigenvalue weighted by atomic mass is 9.77. The van der Waals surface area contributed by atoms with Crippen LogP contribution in [0.1, 0.15) is 50.2 Å². The number of carbonyl (C=O) groups is 1. The van der Waals surface area contributed by atoms with Crippen LogP contribution < -0.4 is 10.6 Å². The molecule has 1 fully saturated rings. The van der Waals surface area contributed by atoms with Crippen LogP contribution in [-0.4, -0.2) is 29.7 Å². The van der Waals surface area contributed by atoms with Gasteiger partial charge in [0, 0.05) is 25.1 Å². The Kier molecular flexibility index (Phi) is 7.38. The average molecular weight is 423 g/mol. The first-order chi connectivity index (χ1) is 13.9. The van der Waals surface area contributed by atoms with Crippen LogP contribution in [0.15, 0.2) is 35.0 Å². The van der Waals surface area contributed by atoms with Gasteiger partial charge >= 0.3 is 0 Å². The molecule has 2 aromatic rings. The average Bonchev–Trinajstić information content (AvgIpc) is 3.21. The van der Waals surface area contributed by atoms with E-state index in [0.29, 0.717) is 5.56 Å². The predicted octanol–water partition coefficient (Wildman–Crippen LogP) is 3.88. The fraction of sp³-hybridized carbons (Fsp3) is 0.500. The molecule has 0 saturated heterocycles. The maximum absolute atomic E-state index is 13.5. The molecule has 0 spiro atoms. The summed E-state index contributed by atoms with van der Waals surface area (Å²) in [6, 6.07) is 4.74. The number of aliphatic hydroxyl groups excluding tert-OH is 1. The third-order valence-corrected chi connectivity index (χ3v) is 6.34. The topological polar surface area (TPSA) is 61.4 Å². The molecule has 7 heteroatoms. The van der Waals surface area contributed by atoms with Crippen molar-refractivity contribution in [3.63, 3.8) is 0 Å². The minimum absolute atomic E-state index is 0.141. The summed E-state index contributed by atoms with van der Waals surface area (Å²) < 4.78 is 27.1. The van der Waals surface area contributed by atoms with Crippen molar-refractivity contribution in [1.29, 1.82) is 0 Å². The largest absolute Gasteiger partial charge is 0.390 e. The molecule has 1 aliphatic rings. The highest BCUT2D eigenvalue weighted by atomic mass is 32.1. The van der Waals surface area contributed by atoms with E-state index in [0.717, 1.165) is 31.7 Å². The molecule has 3 N–H and O–H groups in total. The Bertz CT molecular complexity index is 787. The lowest BCUT2D eigenvalue weighted by Gasteiger charge is -2.39. The van der Waals surface area contributed by atoms with Gasteiger partial charge in [-0.3, -0.25) is 4.79 Å². The van der Waals surface area contributed by atoms with E-state index < -0.39 is 23.8 Å². The van der Waals surface area contributed by atoms with Crippen molar-refractivity contribution in [3.05, 3.63) is 57.8 Å². The maximum Gasteiger partial charge on any atom is 0.217 e. The van der Waals surface area contributed by atoms with Gasteiger partial charge in [0.25, 0.3) is 0 Å². The van der Waals surface area contributed by atoms with Crippen LogP contribution in [0.3, 0.4) is 0 Å². The summed E-state index contributed by atoms with van der Waals surface area (Å²) in [6.07, 6.45) is 4.68. The molecule has 1 saturated carbocycles. The lowest BCUT2D eigenvalue weighted by Crippen LogP contribution is -2.53. The Hall–Kier alpha value is -1.83. The molecule has 0 radical (unpaired) electrons. The minimum atomic E-state index is -0.900. The highest BCUT2D eigenvalue weighted by molar-refractivity contribution is 7.08. The molecule has 29 heavy (non-hydrogen) atoms. The molecule has 1 aliphatic carbocycles. The molecule has 158 valence electrons. The van der Waals surface area contributed by atoms with Crippen molar-refractivity contribution in [3.8, 4) is 0 Å². The van der Waals surface area contributed by atoms with Crippen LogP contribution in [-0.2, 0) is 16.8 Å². The first-order valence-electron chi connectivity index (χ1n) is 10.1. The number of halogens is 2. The third-order valence-electron chi connectivity index (χ3n) is 5.66. The van der Waals surface area contributed by atoms with Crippen molar-refractivity contribution in [2.75, 3.05) is 6.54 Å². The summed E-state index contributed by atoms with van der Waals surface area (Å²) in [5.41, 5.74) is 1.45. The first kappa shape index (κ1) is 21.9. The quantitative estimate of drug-likeness (QED) is 0.605. The fourth-order valence-corrected chi connectivity index (χ4v) is 4.98. The van der Waals surface area contributed by atoms with Gasteiger partial charge in [0.05, 0.1) is 12.1 Å². The van der Waals surface area contributed by atoms with E-state index in [1.807, 2.05) is 0 Å². The molecular formula is C22H28F2N2O2S. The van der Waals surface area contributed by atoms with Crippen molar-refractivity contribution in [2.24, 2.45) is 0 Å². The van der Waals surface area contributed by atoms with Gasteiger partial charge < -0.3 is 15.7 Å². The van der Waals surface area contributed by atoms with Gasteiger partial charge in [-0.2, -0.15) is 11.3 Å². The fourth-order valence-electron chi connectivity index (χ4n) is 4.23. The van der Waals surface area contributed by atoms with Gasteiger partial charge in [0.2, 0.25) is 5.91 Å². The number of hydrogen-bond acceptors (Lipinski definition) is 4. The molecule has 3 rings (SSSR count). The van der Waals surface area contributed by atoms with Gasteiger partial charge in [-0.15, -0.1) is 0 Å². The Balaban J connectivity index is 1.71. The van der Waals surface area contributed by atoms with Crippen molar-refractivity contribution >= 4 is 17.2 Å². The van der Waals surface area contributed by atoms with Crippen molar-refractivity contribution < 1.29 is 18.7 Å². The summed E-state index contributed by atoms with van der Waals surface area (Å²) in [5.74, 6) is -1.64. The SMILES string of the molecule is CC(=O)N[C@@H](Cc1cc(F)cc(F)c1)[C@H](O)CNC1(c2ccsc2)CCCCC1. The van der Waals surface area contributed by atoms with Crippen LogP contribution in [0.25, 0.3) is 0 Å². The third kappa shape index (κ3) is 5.84. The van der Waals surface area contributed by atoms with E-state index >= 15 is 0 Å². The molecule has 4 nitrogen and oxygen atoms in total. The summed E-state index contributed by atoms with van der Waals surface area (Å²) >= 11 is 1.65. The van der Waals surface area contributed by atoms with Crippen LogP contribution in [0, 0.1) is 11.6 Å². The van der Waals surface area contributed by atoms with Crippen LogP contribution in [0.2, 0.25) is 0 Å². The highest BCUT2D eigenvalue weighted by Gasteiger charge is 2.35. The van der Waals surface area contributed by atoms with Gasteiger partial charge in [-0.25, -0.2) is 8.78 Å². The van der Waals surface area contributed by atoms with E-state index in [1.165, 1.54) is 31.0 Å². The molecule has 1 aromatic carbocycles. The Morgan fingerprint density at radius 3 is 2.48 bits per heavy atom. The molecule has 1 amide bonds. The zero-order valence-electron chi connectivity index (χ0n) is 16.6. The number of nitrogens with one attached hydrogen (secondary N) is 2. The highest BCUT2D eigenvalue weighted by Crippen LogP contribution is 2.38. The first-order valence-corrected chi connectivity index (χ1v) is 11.0. The lowest BCUT2D eigenvalue weighted by molar-refractivity contribution is -0.120. The molecule has 0 unspecified atom stereocenters. The van der Waals surface area contributed by atoms with Crippen LogP contribution in [0.4, 0.5) is 8.78 Å². The molecule has 0 aliphatic heterocycles. The number of aliphatic hydroxyl groups is 1.